The standard InChI is InChI=1S/C17H19N3O3S2/c21-17-13-6-7-15(20(17)9-14-11-24-12-18-14)10-19(8-13)25(22,23)16-4-2-1-3-5-16/h1-5,11-13,15H,6-10H2/t13-,15+/m0/s1. The van der Waals surface area contributed by atoms with Gasteiger partial charge in [0.15, 0.2) is 0 Å². The predicted molar refractivity (Wildman–Crippen MR) is 94.4 cm³/mol. The van der Waals surface area contributed by atoms with Crippen LogP contribution in [0.2, 0.25) is 0 Å². The molecule has 1 aromatic carbocycles. The molecular formula is C17H19N3O3S2. The molecule has 2 aromatic rings. The van der Waals surface area contributed by atoms with Crippen LogP contribution < -0.4 is 0 Å². The molecule has 0 saturated carbocycles. The van der Waals surface area contributed by atoms with Crippen LogP contribution in [0.4, 0.5) is 0 Å². The molecule has 8 heteroatoms. The van der Waals surface area contributed by atoms with Gasteiger partial charge in [0.2, 0.25) is 15.9 Å². The van der Waals surface area contributed by atoms with E-state index in [0.29, 0.717) is 13.1 Å². The average molecular weight is 377 g/mol. The smallest absolute Gasteiger partial charge is 0.243 e. The highest BCUT2D eigenvalue weighted by atomic mass is 32.2. The van der Waals surface area contributed by atoms with Gasteiger partial charge in [-0.2, -0.15) is 4.31 Å². The van der Waals surface area contributed by atoms with E-state index in [9.17, 15) is 13.2 Å². The number of benzene rings is 1. The van der Waals surface area contributed by atoms with Gasteiger partial charge in [0.25, 0.3) is 0 Å². The molecule has 0 unspecified atom stereocenters. The second kappa shape index (κ2) is 6.51. The summed E-state index contributed by atoms with van der Waals surface area (Å²) in [5.41, 5.74) is 2.62. The summed E-state index contributed by atoms with van der Waals surface area (Å²) >= 11 is 1.50. The minimum absolute atomic E-state index is 0.0509. The van der Waals surface area contributed by atoms with Crippen molar-refractivity contribution in [2.24, 2.45) is 5.92 Å². The molecule has 3 aliphatic heterocycles. The van der Waals surface area contributed by atoms with Gasteiger partial charge < -0.3 is 4.90 Å². The molecule has 4 heterocycles. The number of thiazole rings is 1. The lowest BCUT2D eigenvalue weighted by atomic mass is 9.94. The van der Waals surface area contributed by atoms with Crippen molar-refractivity contribution < 1.29 is 13.2 Å². The second-order valence-corrected chi connectivity index (χ2v) is 9.17. The van der Waals surface area contributed by atoms with Crippen LogP contribution in [-0.4, -0.2) is 47.6 Å². The zero-order valence-corrected chi connectivity index (χ0v) is 15.2. The fourth-order valence-electron chi connectivity index (χ4n) is 3.64. The maximum Gasteiger partial charge on any atom is 0.243 e. The Bertz CT molecular complexity index is 853. The van der Waals surface area contributed by atoms with Crippen LogP contribution in [0.5, 0.6) is 0 Å². The van der Waals surface area contributed by atoms with Crippen molar-refractivity contribution in [2.45, 2.75) is 30.3 Å². The lowest BCUT2D eigenvalue weighted by Gasteiger charge is -2.35. The topological polar surface area (TPSA) is 70.6 Å². The molecular weight excluding hydrogens is 358 g/mol. The zero-order valence-electron chi connectivity index (χ0n) is 13.6. The average Bonchev–Trinajstić information content (AvgIpc) is 2.98. The van der Waals surface area contributed by atoms with Crippen LogP contribution in [-0.2, 0) is 21.4 Å². The van der Waals surface area contributed by atoms with Crippen molar-refractivity contribution in [1.82, 2.24) is 14.2 Å². The Morgan fingerprint density at radius 3 is 2.68 bits per heavy atom. The molecule has 2 bridgehead atoms. The lowest BCUT2D eigenvalue weighted by molar-refractivity contribution is -0.140. The van der Waals surface area contributed by atoms with Gasteiger partial charge in [-0.1, -0.05) is 18.2 Å². The molecule has 0 spiro atoms. The maximum atomic E-state index is 13.0. The Morgan fingerprint density at radius 2 is 1.96 bits per heavy atom. The first-order valence-corrected chi connectivity index (χ1v) is 10.7. The molecule has 1 amide bonds. The Hall–Kier alpha value is -1.77. The molecule has 5 rings (SSSR count). The van der Waals surface area contributed by atoms with Crippen molar-refractivity contribution in [2.75, 3.05) is 13.1 Å². The highest BCUT2D eigenvalue weighted by molar-refractivity contribution is 7.89. The highest BCUT2D eigenvalue weighted by Gasteiger charge is 2.44. The molecule has 0 radical (unpaired) electrons. The molecule has 25 heavy (non-hydrogen) atoms. The van der Waals surface area contributed by atoms with E-state index in [4.69, 9.17) is 0 Å². The summed E-state index contributed by atoms with van der Waals surface area (Å²) in [5, 5.41) is 1.93. The molecule has 3 fully saturated rings. The van der Waals surface area contributed by atoms with Gasteiger partial charge in [-0.15, -0.1) is 11.3 Å². The second-order valence-electron chi connectivity index (χ2n) is 6.51. The van der Waals surface area contributed by atoms with E-state index >= 15 is 0 Å². The van der Waals surface area contributed by atoms with Gasteiger partial charge in [0, 0.05) is 24.5 Å². The summed E-state index contributed by atoms with van der Waals surface area (Å²) in [4.78, 5) is 19.2. The fraction of sp³-hybridized carbons (Fsp3) is 0.412. The maximum absolute atomic E-state index is 13.0. The van der Waals surface area contributed by atoms with E-state index in [0.717, 1.165) is 18.5 Å². The van der Waals surface area contributed by atoms with E-state index in [-0.39, 0.29) is 29.3 Å². The normalized spacial score (nSPS) is 24.5. The van der Waals surface area contributed by atoms with Gasteiger partial charge in [0.05, 0.1) is 28.6 Å². The number of piperidine rings is 1. The minimum atomic E-state index is -3.58. The van der Waals surface area contributed by atoms with E-state index in [2.05, 4.69) is 4.98 Å². The van der Waals surface area contributed by atoms with Gasteiger partial charge in [-0.05, 0) is 25.0 Å². The minimum Gasteiger partial charge on any atom is -0.332 e. The number of carbonyl (C=O) groups excluding carboxylic acids is 1. The van der Waals surface area contributed by atoms with Crippen molar-refractivity contribution in [3.63, 3.8) is 0 Å². The monoisotopic (exact) mass is 377 g/mol. The summed E-state index contributed by atoms with van der Waals surface area (Å²) in [6, 6.07) is 8.36. The fourth-order valence-corrected chi connectivity index (χ4v) is 5.73. The van der Waals surface area contributed by atoms with Crippen LogP contribution in [0.3, 0.4) is 0 Å². The zero-order chi connectivity index (χ0) is 17.4. The van der Waals surface area contributed by atoms with Crippen molar-refractivity contribution >= 4 is 27.3 Å². The quantitative estimate of drug-likeness (QED) is 0.817. The molecule has 6 nitrogen and oxygen atoms in total. The van der Waals surface area contributed by atoms with Crippen LogP contribution >= 0.6 is 11.3 Å². The molecule has 0 aliphatic carbocycles. The first-order chi connectivity index (χ1) is 12.1. The lowest BCUT2D eigenvalue weighted by Crippen LogP contribution is -2.47. The summed E-state index contributed by atoms with van der Waals surface area (Å²) in [5.74, 6) is -0.217. The molecule has 0 N–H and O–H groups in total. The number of hydrogen-bond acceptors (Lipinski definition) is 5. The highest BCUT2D eigenvalue weighted by Crippen LogP contribution is 2.32. The predicted octanol–water partition coefficient (Wildman–Crippen LogP) is 1.95. The van der Waals surface area contributed by atoms with E-state index in [1.54, 1.807) is 35.8 Å². The third-order valence-corrected chi connectivity index (χ3v) is 7.44. The summed E-state index contributed by atoms with van der Waals surface area (Å²) < 4.78 is 27.4. The number of fused-ring (bicyclic) bond motifs is 4. The van der Waals surface area contributed by atoms with Gasteiger partial charge in [-0.25, -0.2) is 13.4 Å². The number of hydrogen-bond donors (Lipinski definition) is 0. The Morgan fingerprint density at radius 1 is 1.16 bits per heavy atom. The van der Waals surface area contributed by atoms with E-state index in [1.165, 1.54) is 15.6 Å². The van der Waals surface area contributed by atoms with Crippen molar-refractivity contribution in [1.29, 1.82) is 0 Å². The third-order valence-electron chi connectivity index (χ3n) is 4.96. The number of aromatic nitrogens is 1. The summed E-state index contributed by atoms with van der Waals surface area (Å²) in [6.45, 7) is 1.08. The first-order valence-electron chi connectivity index (χ1n) is 8.28. The van der Waals surface area contributed by atoms with Gasteiger partial charge in [0.1, 0.15) is 0 Å². The number of rotatable bonds is 4. The molecule has 3 saturated heterocycles. The SMILES string of the molecule is O=C1[C@H]2CC[C@H](CN(S(=O)(=O)c3ccccc3)C2)N1Cc1cscn1. The van der Waals surface area contributed by atoms with E-state index in [1.807, 2.05) is 10.3 Å². The largest absolute Gasteiger partial charge is 0.332 e. The number of nitrogens with zero attached hydrogens (tertiary/aromatic N) is 3. The molecule has 132 valence electrons. The van der Waals surface area contributed by atoms with Crippen LogP contribution in [0.1, 0.15) is 18.5 Å². The van der Waals surface area contributed by atoms with Crippen molar-refractivity contribution in [3.8, 4) is 0 Å². The molecule has 2 atom stereocenters. The third kappa shape index (κ3) is 3.09. The Balaban J connectivity index is 1.62. The first kappa shape index (κ1) is 16.7. The number of amides is 1. The van der Waals surface area contributed by atoms with Crippen LogP contribution in [0.15, 0.2) is 46.1 Å². The Labute approximate surface area is 151 Å². The number of sulfonamides is 1. The summed E-state index contributed by atoms with van der Waals surface area (Å²) in [7, 11) is -3.58. The molecule has 3 aliphatic rings. The van der Waals surface area contributed by atoms with Gasteiger partial charge >= 0.3 is 0 Å². The van der Waals surface area contributed by atoms with Crippen molar-refractivity contribution in [3.05, 3.63) is 46.9 Å². The summed E-state index contributed by atoms with van der Waals surface area (Å²) in [6.07, 6.45) is 1.58. The van der Waals surface area contributed by atoms with Crippen LogP contribution in [0, 0.1) is 5.92 Å². The molecule has 1 aromatic heterocycles. The Kier molecular flexibility index (Phi) is 4.35. The number of carbonyl (C=O) groups is 1. The van der Waals surface area contributed by atoms with E-state index < -0.39 is 10.0 Å². The van der Waals surface area contributed by atoms with Gasteiger partial charge in [-0.3, -0.25) is 4.79 Å². The van der Waals surface area contributed by atoms with Crippen LogP contribution in [0.25, 0.3) is 0 Å².